The van der Waals surface area contributed by atoms with Crippen molar-refractivity contribution in [2.24, 2.45) is 11.8 Å². The van der Waals surface area contributed by atoms with E-state index in [9.17, 15) is 13.2 Å². The Morgan fingerprint density at radius 2 is 2.29 bits per heavy atom. The lowest BCUT2D eigenvalue weighted by Gasteiger charge is -2.08. The van der Waals surface area contributed by atoms with Crippen molar-refractivity contribution in [3.05, 3.63) is 24.7 Å². The second-order valence-corrected chi connectivity index (χ2v) is 7.43. The summed E-state index contributed by atoms with van der Waals surface area (Å²) >= 11 is 0. The third kappa shape index (κ3) is 4.42. The molecule has 2 rings (SSSR count). The van der Waals surface area contributed by atoms with Gasteiger partial charge in [-0.25, -0.2) is 9.71 Å². The van der Waals surface area contributed by atoms with E-state index in [4.69, 9.17) is 0 Å². The zero-order valence-corrected chi connectivity index (χ0v) is 13.1. The van der Waals surface area contributed by atoms with Crippen LogP contribution in [0.4, 0.5) is 0 Å². The highest BCUT2D eigenvalue weighted by atomic mass is 32.2. The van der Waals surface area contributed by atoms with Crippen LogP contribution in [-0.4, -0.2) is 23.9 Å². The second-order valence-electron chi connectivity index (χ2n) is 5.80. The first-order valence-corrected chi connectivity index (χ1v) is 8.59. The van der Waals surface area contributed by atoms with Crippen molar-refractivity contribution in [2.75, 3.05) is 0 Å². The molecule has 116 valence electrons. The molecule has 0 spiro atoms. The summed E-state index contributed by atoms with van der Waals surface area (Å²) in [5.41, 5.74) is 0. The summed E-state index contributed by atoms with van der Waals surface area (Å²) in [6.07, 6.45) is 8.94. The molecule has 0 aromatic carbocycles. The predicted octanol–water partition coefficient (Wildman–Crippen LogP) is 1.70. The van der Waals surface area contributed by atoms with E-state index >= 15 is 0 Å². The van der Waals surface area contributed by atoms with Gasteiger partial charge in [0.05, 0.1) is 6.33 Å². The van der Waals surface area contributed by atoms with E-state index in [-0.39, 0.29) is 17.4 Å². The molecule has 21 heavy (non-hydrogen) atoms. The number of hydrogen-bond donors (Lipinski definition) is 1. The van der Waals surface area contributed by atoms with Crippen LogP contribution in [0.2, 0.25) is 0 Å². The topological polar surface area (TPSA) is 81.1 Å². The number of carbonyl (C=O) groups excluding carboxylic acids is 1. The van der Waals surface area contributed by atoms with Crippen LogP contribution in [0.5, 0.6) is 0 Å². The average Bonchev–Trinajstić information content (AvgIpc) is 2.98. The van der Waals surface area contributed by atoms with E-state index in [0.29, 0.717) is 12.5 Å². The Morgan fingerprint density at radius 3 is 2.90 bits per heavy atom. The first kappa shape index (κ1) is 15.8. The maximum atomic E-state index is 12.1. The molecular formula is C14H21N3O3S. The molecule has 1 heterocycles. The minimum absolute atomic E-state index is 0.113. The van der Waals surface area contributed by atoms with Gasteiger partial charge in [-0.2, -0.15) is 8.42 Å². The minimum atomic E-state index is -3.87. The number of imidazole rings is 1. The van der Waals surface area contributed by atoms with E-state index in [0.717, 1.165) is 12.8 Å². The number of nitrogens with one attached hydrogen (secondary N) is 1. The largest absolute Gasteiger partial charge is 0.336 e. The van der Waals surface area contributed by atoms with Gasteiger partial charge in [-0.05, 0) is 24.7 Å². The summed E-state index contributed by atoms with van der Waals surface area (Å²) in [7, 11) is -3.87. The Bertz CT molecular complexity index is 632. The molecule has 0 aliphatic heterocycles. The second kappa shape index (κ2) is 6.43. The number of rotatable bonds is 6. The lowest BCUT2D eigenvalue weighted by atomic mass is 10.1. The first-order chi connectivity index (χ1) is 9.87. The highest BCUT2D eigenvalue weighted by molar-refractivity contribution is 7.90. The van der Waals surface area contributed by atoms with Crippen LogP contribution < -0.4 is 4.72 Å². The van der Waals surface area contributed by atoms with Crippen molar-refractivity contribution >= 4 is 15.9 Å². The normalized spacial score (nSPS) is 18.3. The van der Waals surface area contributed by atoms with E-state index in [1.54, 1.807) is 4.57 Å². The third-order valence-electron chi connectivity index (χ3n) is 3.27. The lowest BCUT2D eigenvalue weighted by Crippen LogP contribution is -2.31. The fourth-order valence-corrected chi connectivity index (χ4v) is 3.29. The van der Waals surface area contributed by atoms with Crippen LogP contribution in [0, 0.1) is 11.8 Å². The molecule has 1 aliphatic carbocycles. The number of amides is 1. The van der Waals surface area contributed by atoms with E-state index in [1.807, 2.05) is 26.0 Å². The highest BCUT2D eigenvalue weighted by Gasteiger charge is 2.22. The predicted molar refractivity (Wildman–Crippen MR) is 78.9 cm³/mol. The van der Waals surface area contributed by atoms with Crippen molar-refractivity contribution in [1.29, 1.82) is 0 Å². The van der Waals surface area contributed by atoms with Crippen molar-refractivity contribution in [3.8, 4) is 0 Å². The van der Waals surface area contributed by atoms with Crippen molar-refractivity contribution in [3.63, 3.8) is 0 Å². The van der Waals surface area contributed by atoms with Gasteiger partial charge in [-0.15, -0.1) is 0 Å². The van der Waals surface area contributed by atoms with Gasteiger partial charge in [0.1, 0.15) is 0 Å². The minimum Gasteiger partial charge on any atom is -0.336 e. The molecule has 7 heteroatoms. The molecule has 1 N–H and O–H groups in total. The summed E-state index contributed by atoms with van der Waals surface area (Å²) < 4.78 is 28.0. The lowest BCUT2D eigenvalue weighted by molar-refractivity contribution is -0.119. The number of aromatic nitrogens is 2. The molecule has 0 radical (unpaired) electrons. The number of carbonyl (C=O) groups is 1. The molecule has 0 fully saturated rings. The van der Waals surface area contributed by atoms with Gasteiger partial charge in [0.25, 0.3) is 10.0 Å². The standard InChI is InChI=1S/C14H21N3O3S/c1-11(2)8-17-9-14(15-10-17)21(19,20)16-13(18)7-12-5-3-4-6-12/h3,5,9-12H,4,6-8H2,1-2H3,(H,16,18)/t12-/m1/s1. The Hall–Kier alpha value is -1.63. The van der Waals surface area contributed by atoms with Crippen LogP contribution in [0.1, 0.15) is 33.1 Å². The SMILES string of the molecule is CC(C)Cn1cnc(S(=O)(=O)NC(=O)C[C@@H]2C=CCC2)c1. The molecule has 6 nitrogen and oxygen atoms in total. The molecule has 0 saturated carbocycles. The summed E-state index contributed by atoms with van der Waals surface area (Å²) in [5, 5.41) is -0.113. The smallest absolute Gasteiger partial charge is 0.283 e. The van der Waals surface area contributed by atoms with Crippen LogP contribution in [0.25, 0.3) is 0 Å². The molecule has 0 unspecified atom stereocenters. The number of hydrogen-bond acceptors (Lipinski definition) is 4. The molecular weight excluding hydrogens is 290 g/mol. The summed E-state index contributed by atoms with van der Waals surface area (Å²) in [4.78, 5) is 15.7. The van der Waals surface area contributed by atoms with E-state index in [1.165, 1.54) is 12.5 Å². The van der Waals surface area contributed by atoms with Gasteiger partial charge < -0.3 is 4.57 Å². The maximum absolute atomic E-state index is 12.1. The van der Waals surface area contributed by atoms with Gasteiger partial charge in [-0.3, -0.25) is 4.79 Å². The van der Waals surface area contributed by atoms with Crippen molar-refractivity contribution in [2.45, 2.75) is 44.7 Å². The van der Waals surface area contributed by atoms with Crippen LogP contribution >= 0.6 is 0 Å². The maximum Gasteiger partial charge on any atom is 0.283 e. The van der Waals surface area contributed by atoms with Crippen LogP contribution in [0.15, 0.2) is 29.7 Å². The van der Waals surface area contributed by atoms with Gasteiger partial charge in [0.15, 0.2) is 5.03 Å². The summed E-state index contributed by atoms with van der Waals surface area (Å²) in [6.45, 7) is 4.75. The number of nitrogens with zero attached hydrogens (tertiary/aromatic N) is 2. The highest BCUT2D eigenvalue weighted by Crippen LogP contribution is 2.20. The van der Waals surface area contributed by atoms with E-state index < -0.39 is 15.9 Å². The van der Waals surface area contributed by atoms with Gasteiger partial charge >= 0.3 is 0 Å². The molecule has 1 aromatic heterocycles. The van der Waals surface area contributed by atoms with Crippen molar-refractivity contribution in [1.82, 2.24) is 14.3 Å². The fourth-order valence-electron chi connectivity index (χ4n) is 2.35. The Morgan fingerprint density at radius 1 is 1.52 bits per heavy atom. The number of sulfonamides is 1. The fraction of sp³-hybridized carbons (Fsp3) is 0.571. The first-order valence-electron chi connectivity index (χ1n) is 7.11. The monoisotopic (exact) mass is 311 g/mol. The molecule has 0 bridgehead atoms. The Balaban J connectivity index is 1.98. The van der Waals surface area contributed by atoms with Gasteiger partial charge in [0.2, 0.25) is 5.91 Å². The van der Waals surface area contributed by atoms with Gasteiger partial charge in [-0.1, -0.05) is 26.0 Å². The molecule has 1 atom stereocenters. The molecule has 1 amide bonds. The zero-order chi connectivity index (χ0) is 15.5. The quantitative estimate of drug-likeness (QED) is 0.811. The van der Waals surface area contributed by atoms with Gasteiger partial charge in [0, 0.05) is 19.2 Å². The molecule has 0 saturated heterocycles. The van der Waals surface area contributed by atoms with Crippen molar-refractivity contribution < 1.29 is 13.2 Å². The zero-order valence-electron chi connectivity index (χ0n) is 12.3. The Kier molecular flexibility index (Phi) is 4.82. The molecule has 1 aliphatic rings. The summed E-state index contributed by atoms with van der Waals surface area (Å²) in [5.74, 6) is 0.0437. The Labute approximate surface area is 125 Å². The average molecular weight is 311 g/mol. The molecule has 1 aromatic rings. The van der Waals surface area contributed by atoms with E-state index in [2.05, 4.69) is 9.71 Å². The summed E-state index contributed by atoms with van der Waals surface area (Å²) in [6, 6.07) is 0. The number of allylic oxidation sites excluding steroid dienone is 2. The van der Waals surface area contributed by atoms with Crippen LogP contribution in [0.3, 0.4) is 0 Å². The van der Waals surface area contributed by atoms with Crippen LogP contribution in [-0.2, 0) is 21.4 Å². The third-order valence-corrected chi connectivity index (χ3v) is 4.53.